The minimum Gasteiger partial charge on any atom is -0.454 e. The molecule has 0 amide bonds. The van der Waals surface area contributed by atoms with E-state index in [2.05, 4.69) is 21.9 Å². The Balaban J connectivity index is 1.40. The van der Waals surface area contributed by atoms with Crippen LogP contribution < -0.4 is 9.47 Å². The van der Waals surface area contributed by atoms with Crippen LogP contribution in [0.5, 0.6) is 11.5 Å². The number of piperazine rings is 1. The van der Waals surface area contributed by atoms with E-state index in [-0.39, 0.29) is 5.75 Å². The summed E-state index contributed by atoms with van der Waals surface area (Å²) in [6.07, 6.45) is 0.683. The second-order valence-electron chi connectivity index (χ2n) is 6.76. The highest BCUT2D eigenvalue weighted by Crippen LogP contribution is 2.32. The zero-order chi connectivity index (χ0) is 17.9. The van der Waals surface area contributed by atoms with Crippen molar-refractivity contribution in [1.82, 2.24) is 14.1 Å². The van der Waals surface area contributed by atoms with Crippen molar-refractivity contribution in [2.45, 2.75) is 13.0 Å². The van der Waals surface area contributed by atoms with Crippen molar-refractivity contribution < 1.29 is 17.9 Å². The summed E-state index contributed by atoms with van der Waals surface area (Å²) in [5.74, 6) is 1.87. The third-order valence-corrected chi connectivity index (χ3v) is 6.66. The molecule has 140 valence electrons. The molecular formula is C17H27N3O4S. The number of ether oxygens (including phenoxy) is 2. The predicted octanol–water partition coefficient (Wildman–Crippen LogP) is 0.814. The molecule has 8 heteroatoms. The van der Waals surface area contributed by atoms with Gasteiger partial charge in [-0.25, -0.2) is 12.7 Å². The maximum atomic E-state index is 11.8. The van der Waals surface area contributed by atoms with Gasteiger partial charge in [0.25, 0.3) is 0 Å². The average Bonchev–Trinajstić information content (AvgIpc) is 3.04. The summed E-state index contributed by atoms with van der Waals surface area (Å²) in [6.45, 7) is 5.99. The lowest BCUT2D eigenvalue weighted by Gasteiger charge is -2.34. The van der Waals surface area contributed by atoms with E-state index < -0.39 is 10.0 Å². The molecule has 2 aliphatic heterocycles. The molecule has 2 aliphatic rings. The number of benzene rings is 1. The summed E-state index contributed by atoms with van der Waals surface area (Å²) < 4.78 is 35.7. The van der Waals surface area contributed by atoms with Gasteiger partial charge >= 0.3 is 0 Å². The number of hydrogen-bond acceptors (Lipinski definition) is 6. The SMILES string of the molecule is CN(C)S(=O)(=O)CCCN1CCN(Cc2ccc3c(c2)OCO3)CC1. The third-order valence-electron chi connectivity index (χ3n) is 4.74. The number of sulfonamides is 1. The molecule has 7 nitrogen and oxygen atoms in total. The van der Waals surface area contributed by atoms with E-state index in [1.807, 2.05) is 6.07 Å². The number of fused-ring (bicyclic) bond motifs is 1. The van der Waals surface area contributed by atoms with E-state index in [4.69, 9.17) is 9.47 Å². The molecule has 2 heterocycles. The van der Waals surface area contributed by atoms with Gasteiger partial charge in [-0.05, 0) is 30.7 Å². The Labute approximate surface area is 150 Å². The van der Waals surface area contributed by atoms with Gasteiger partial charge in [-0.15, -0.1) is 0 Å². The highest BCUT2D eigenvalue weighted by molar-refractivity contribution is 7.89. The van der Waals surface area contributed by atoms with Gasteiger partial charge in [0.05, 0.1) is 5.75 Å². The minimum atomic E-state index is -3.08. The van der Waals surface area contributed by atoms with Gasteiger partial charge in [0, 0.05) is 46.8 Å². The molecule has 0 aromatic heterocycles. The van der Waals surface area contributed by atoms with Crippen molar-refractivity contribution in [1.29, 1.82) is 0 Å². The van der Waals surface area contributed by atoms with E-state index in [9.17, 15) is 8.42 Å². The van der Waals surface area contributed by atoms with Crippen LogP contribution in [0.3, 0.4) is 0 Å². The maximum Gasteiger partial charge on any atom is 0.231 e. The number of rotatable bonds is 7. The quantitative estimate of drug-likeness (QED) is 0.709. The molecule has 0 bridgehead atoms. The maximum absolute atomic E-state index is 11.8. The van der Waals surface area contributed by atoms with Crippen molar-refractivity contribution in [2.24, 2.45) is 0 Å². The standard InChI is InChI=1S/C17H27N3O4S/c1-18(2)25(21,22)11-3-6-19-7-9-20(10-8-19)13-15-4-5-16-17(12-15)24-14-23-16/h4-5,12H,3,6-11,13-14H2,1-2H3. The molecule has 1 aromatic rings. The Kier molecular flexibility index (Phi) is 5.83. The fourth-order valence-corrected chi connectivity index (χ4v) is 3.98. The molecule has 0 saturated carbocycles. The summed E-state index contributed by atoms with van der Waals surface area (Å²) in [5.41, 5.74) is 1.23. The Morgan fingerprint density at radius 3 is 2.44 bits per heavy atom. The lowest BCUT2D eigenvalue weighted by Crippen LogP contribution is -2.46. The van der Waals surface area contributed by atoms with Gasteiger partial charge < -0.3 is 14.4 Å². The van der Waals surface area contributed by atoms with Gasteiger partial charge in [-0.3, -0.25) is 4.90 Å². The molecule has 0 radical (unpaired) electrons. The van der Waals surface area contributed by atoms with Crippen LogP contribution in [0.15, 0.2) is 18.2 Å². The van der Waals surface area contributed by atoms with Crippen molar-refractivity contribution in [2.75, 3.05) is 59.4 Å². The topological polar surface area (TPSA) is 62.3 Å². The van der Waals surface area contributed by atoms with Crippen LogP contribution in [-0.2, 0) is 16.6 Å². The van der Waals surface area contributed by atoms with E-state index in [0.717, 1.165) is 50.8 Å². The summed E-state index contributed by atoms with van der Waals surface area (Å²) >= 11 is 0. The molecular weight excluding hydrogens is 342 g/mol. The van der Waals surface area contributed by atoms with E-state index >= 15 is 0 Å². The predicted molar refractivity (Wildman–Crippen MR) is 96.4 cm³/mol. The van der Waals surface area contributed by atoms with Crippen LogP contribution in [0, 0.1) is 0 Å². The number of nitrogens with zero attached hydrogens (tertiary/aromatic N) is 3. The highest BCUT2D eigenvalue weighted by atomic mass is 32.2. The van der Waals surface area contributed by atoms with Crippen LogP contribution in [0.1, 0.15) is 12.0 Å². The fraction of sp³-hybridized carbons (Fsp3) is 0.647. The highest BCUT2D eigenvalue weighted by Gasteiger charge is 2.20. The largest absolute Gasteiger partial charge is 0.454 e. The molecule has 0 aliphatic carbocycles. The zero-order valence-corrected chi connectivity index (χ0v) is 15.8. The summed E-state index contributed by atoms with van der Waals surface area (Å²) in [4.78, 5) is 4.77. The second kappa shape index (κ2) is 7.90. The smallest absolute Gasteiger partial charge is 0.231 e. The lowest BCUT2D eigenvalue weighted by atomic mass is 10.1. The Morgan fingerprint density at radius 1 is 1.04 bits per heavy atom. The van der Waals surface area contributed by atoms with Crippen molar-refractivity contribution in [3.8, 4) is 11.5 Å². The molecule has 1 aromatic carbocycles. The Bertz CT molecular complexity index is 685. The average molecular weight is 369 g/mol. The van der Waals surface area contributed by atoms with E-state index in [1.165, 1.54) is 9.87 Å². The molecule has 1 fully saturated rings. The van der Waals surface area contributed by atoms with Crippen molar-refractivity contribution >= 4 is 10.0 Å². The van der Waals surface area contributed by atoms with Crippen LogP contribution in [0.4, 0.5) is 0 Å². The van der Waals surface area contributed by atoms with Crippen LogP contribution in [-0.4, -0.2) is 81.9 Å². The summed E-state index contributed by atoms with van der Waals surface area (Å²) in [5, 5.41) is 0. The van der Waals surface area contributed by atoms with Crippen molar-refractivity contribution in [3.63, 3.8) is 0 Å². The molecule has 0 unspecified atom stereocenters. The molecule has 0 N–H and O–H groups in total. The number of hydrogen-bond donors (Lipinski definition) is 0. The Hall–Kier alpha value is -1.35. The van der Waals surface area contributed by atoms with Crippen LogP contribution >= 0.6 is 0 Å². The van der Waals surface area contributed by atoms with Gasteiger partial charge in [-0.1, -0.05) is 6.07 Å². The van der Waals surface area contributed by atoms with Gasteiger partial charge in [0.15, 0.2) is 11.5 Å². The normalized spacial score (nSPS) is 18.8. The third kappa shape index (κ3) is 4.84. The van der Waals surface area contributed by atoms with Gasteiger partial charge in [-0.2, -0.15) is 0 Å². The first-order chi connectivity index (χ1) is 11.9. The molecule has 25 heavy (non-hydrogen) atoms. The van der Waals surface area contributed by atoms with Crippen LogP contribution in [0.25, 0.3) is 0 Å². The monoisotopic (exact) mass is 369 g/mol. The van der Waals surface area contributed by atoms with Crippen LogP contribution in [0.2, 0.25) is 0 Å². The summed E-state index contributed by atoms with van der Waals surface area (Å²) in [6, 6.07) is 6.12. The molecule has 1 saturated heterocycles. The first kappa shape index (κ1) is 18.4. The molecule has 0 atom stereocenters. The lowest BCUT2D eigenvalue weighted by molar-refractivity contribution is 0.127. The summed E-state index contributed by atoms with van der Waals surface area (Å²) in [7, 11) is 0.0937. The fourth-order valence-electron chi connectivity index (χ4n) is 3.12. The van der Waals surface area contributed by atoms with E-state index in [0.29, 0.717) is 13.2 Å². The second-order valence-corrected chi connectivity index (χ2v) is 9.06. The first-order valence-corrected chi connectivity index (χ1v) is 10.3. The molecule has 0 spiro atoms. The van der Waals surface area contributed by atoms with Gasteiger partial charge in [0.1, 0.15) is 0 Å². The molecule has 3 rings (SSSR count). The van der Waals surface area contributed by atoms with Gasteiger partial charge in [0.2, 0.25) is 16.8 Å². The first-order valence-electron chi connectivity index (χ1n) is 8.67. The minimum absolute atomic E-state index is 0.220. The van der Waals surface area contributed by atoms with E-state index in [1.54, 1.807) is 14.1 Å². The Morgan fingerprint density at radius 2 is 1.72 bits per heavy atom. The zero-order valence-electron chi connectivity index (χ0n) is 15.0. The van der Waals surface area contributed by atoms with Crippen molar-refractivity contribution in [3.05, 3.63) is 23.8 Å².